The molecule has 42 heavy (non-hydrogen) atoms. The predicted molar refractivity (Wildman–Crippen MR) is 180 cm³/mol. The van der Waals surface area contributed by atoms with E-state index >= 15 is 0 Å². The maximum Gasteiger partial charge on any atom is 0.227 e. The Balaban J connectivity index is 1.91. The summed E-state index contributed by atoms with van der Waals surface area (Å²) in [6.45, 7) is 21.7. The van der Waals surface area contributed by atoms with Crippen LogP contribution < -0.4 is 10.2 Å². The third-order valence-electron chi connectivity index (χ3n) is 7.95. The second kappa shape index (κ2) is 13.4. The Bertz CT molecular complexity index is 1270. The average Bonchev–Trinajstić information content (AvgIpc) is 2.89. The fourth-order valence-corrected chi connectivity index (χ4v) is 5.42. The Morgan fingerprint density at radius 1 is 0.810 bits per heavy atom. The van der Waals surface area contributed by atoms with Crippen LogP contribution in [0.5, 0.6) is 5.75 Å². The fraction of sp³-hybridized carbons (Fsp3) is 0.500. The molecular weight excluding hydrogens is 516 g/mol. The first-order valence-corrected chi connectivity index (χ1v) is 15.6. The second-order valence-electron chi connectivity index (χ2n) is 15.0. The van der Waals surface area contributed by atoms with E-state index in [0.717, 1.165) is 53.0 Å². The molecule has 0 aliphatic carbocycles. The van der Waals surface area contributed by atoms with E-state index in [1.807, 2.05) is 35.2 Å². The number of benzene rings is 3. The Morgan fingerprint density at radius 2 is 1.33 bits per heavy atom. The number of anilines is 3. The summed E-state index contributed by atoms with van der Waals surface area (Å²) in [5, 5.41) is 14.6. The van der Waals surface area contributed by atoms with Crippen molar-refractivity contribution in [3.63, 3.8) is 0 Å². The highest BCUT2D eigenvalue weighted by molar-refractivity contribution is 5.94. The zero-order valence-electron chi connectivity index (χ0n) is 27.8. The van der Waals surface area contributed by atoms with E-state index in [0.29, 0.717) is 18.6 Å². The molecule has 0 bridgehead atoms. The molecular formula is C38H54N2O2. The molecule has 3 aromatic rings. The predicted octanol–water partition coefficient (Wildman–Crippen LogP) is 10.3. The molecule has 0 aliphatic heterocycles. The summed E-state index contributed by atoms with van der Waals surface area (Å²) >= 11 is 0. The molecule has 228 valence electrons. The van der Waals surface area contributed by atoms with Gasteiger partial charge in [-0.25, -0.2) is 0 Å². The van der Waals surface area contributed by atoms with Gasteiger partial charge in [0.15, 0.2) is 0 Å². The van der Waals surface area contributed by atoms with Crippen molar-refractivity contribution in [1.82, 2.24) is 0 Å². The number of aromatic hydroxyl groups is 1. The first-order valence-electron chi connectivity index (χ1n) is 15.6. The zero-order valence-corrected chi connectivity index (χ0v) is 27.8. The van der Waals surface area contributed by atoms with Gasteiger partial charge in [0.05, 0.1) is 0 Å². The van der Waals surface area contributed by atoms with Gasteiger partial charge < -0.3 is 15.3 Å². The van der Waals surface area contributed by atoms with E-state index in [1.54, 1.807) is 0 Å². The number of phenols is 1. The molecule has 4 nitrogen and oxygen atoms in total. The van der Waals surface area contributed by atoms with Gasteiger partial charge in [-0.15, -0.1) is 0 Å². The highest BCUT2D eigenvalue weighted by Gasteiger charge is 2.28. The molecule has 0 heterocycles. The minimum absolute atomic E-state index is 0.125. The van der Waals surface area contributed by atoms with Crippen LogP contribution in [0.15, 0.2) is 66.7 Å². The Hall–Kier alpha value is -3.27. The van der Waals surface area contributed by atoms with Gasteiger partial charge in [0, 0.05) is 29.5 Å². The summed E-state index contributed by atoms with van der Waals surface area (Å²) in [5.41, 5.74) is 5.74. The molecule has 0 saturated carbocycles. The highest BCUT2D eigenvalue weighted by Crippen LogP contribution is 2.40. The van der Waals surface area contributed by atoms with Crippen molar-refractivity contribution in [3.05, 3.63) is 83.4 Å². The standard InChI is InChI=1S/C38H54N2O2/c1-11-30(23-24-36(2,3)4)40(31-20-18-29(19-21-31)39-28-15-13-12-14-16-28)34(41)22-17-27-25-32(37(5,6)7)35(42)33(26-27)38(8,9)10/h12-16,18-21,25-26,30,39,42H,11,17,22-24H2,1-10H3. The van der Waals surface area contributed by atoms with Crippen LogP contribution in [0.2, 0.25) is 0 Å². The minimum Gasteiger partial charge on any atom is -0.507 e. The number of hydrogen-bond acceptors (Lipinski definition) is 3. The van der Waals surface area contributed by atoms with Crippen LogP contribution in [0.1, 0.15) is 112 Å². The summed E-state index contributed by atoms with van der Waals surface area (Å²) in [6, 6.07) is 22.7. The molecule has 0 aliphatic rings. The first kappa shape index (κ1) is 33.2. The van der Waals surface area contributed by atoms with Gasteiger partial charge in [0.25, 0.3) is 0 Å². The molecule has 3 rings (SSSR count). The molecule has 1 atom stereocenters. The number of aryl methyl sites for hydroxylation is 1. The molecule has 0 fully saturated rings. The third kappa shape index (κ3) is 9.11. The maximum absolute atomic E-state index is 14.1. The first-order chi connectivity index (χ1) is 19.5. The van der Waals surface area contributed by atoms with Crippen molar-refractivity contribution in [2.45, 2.75) is 118 Å². The number of para-hydroxylation sites is 1. The Labute approximate surface area is 255 Å². The van der Waals surface area contributed by atoms with Crippen LogP contribution in [0.4, 0.5) is 17.1 Å². The van der Waals surface area contributed by atoms with E-state index in [1.165, 1.54) is 0 Å². The molecule has 1 unspecified atom stereocenters. The van der Waals surface area contributed by atoms with E-state index in [9.17, 15) is 9.90 Å². The van der Waals surface area contributed by atoms with Crippen LogP contribution >= 0.6 is 0 Å². The third-order valence-corrected chi connectivity index (χ3v) is 7.95. The van der Waals surface area contributed by atoms with E-state index in [-0.39, 0.29) is 28.2 Å². The van der Waals surface area contributed by atoms with Crippen molar-refractivity contribution < 1.29 is 9.90 Å². The van der Waals surface area contributed by atoms with E-state index in [4.69, 9.17) is 0 Å². The lowest BCUT2D eigenvalue weighted by Gasteiger charge is -2.34. The molecule has 0 aromatic heterocycles. The van der Waals surface area contributed by atoms with Crippen LogP contribution in [0.3, 0.4) is 0 Å². The lowest BCUT2D eigenvalue weighted by molar-refractivity contribution is -0.119. The molecule has 0 spiro atoms. The highest BCUT2D eigenvalue weighted by atomic mass is 16.3. The van der Waals surface area contributed by atoms with Gasteiger partial charge in [-0.3, -0.25) is 4.79 Å². The topological polar surface area (TPSA) is 52.6 Å². The summed E-state index contributed by atoms with van der Waals surface area (Å²) in [5.74, 6) is 0.520. The second-order valence-corrected chi connectivity index (χ2v) is 15.0. The average molecular weight is 571 g/mol. The molecule has 4 heteroatoms. The number of hydrogen-bond donors (Lipinski definition) is 2. The van der Waals surface area contributed by atoms with Crippen molar-refractivity contribution in [3.8, 4) is 5.75 Å². The lowest BCUT2D eigenvalue weighted by atomic mass is 9.78. The van der Waals surface area contributed by atoms with Gasteiger partial charge in [0.2, 0.25) is 5.91 Å². The van der Waals surface area contributed by atoms with Crippen molar-refractivity contribution in [1.29, 1.82) is 0 Å². The van der Waals surface area contributed by atoms with E-state index in [2.05, 4.69) is 111 Å². The van der Waals surface area contributed by atoms with Crippen LogP contribution in [-0.4, -0.2) is 17.1 Å². The Morgan fingerprint density at radius 3 is 1.81 bits per heavy atom. The van der Waals surface area contributed by atoms with Crippen LogP contribution in [-0.2, 0) is 22.0 Å². The van der Waals surface area contributed by atoms with Gasteiger partial charge in [-0.05, 0) is 95.0 Å². The fourth-order valence-electron chi connectivity index (χ4n) is 5.42. The summed E-state index contributed by atoms with van der Waals surface area (Å²) < 4.78 is 0. The smallest absolute Gasteiger partial charge is 0.227 e. The van der Waals surface area contributed by atoms with Gasteiger partial charge in [-0.2, -0.15) is 0 Å². The van der Waals surface area contributed by atoms with Gasteiger partial charge >= 0.3 is 0 Å². The maximum atomic E-state index is 14.1. The van der Waals surface area contributed by atoms with Crippen LogP contribution in [0.25, 0.3) is 0 Å². The summed E-state index contributed by atoms with van der Waals surface area (Å²) in [4.78, 5) is 16.2. The summed E-state index contributed by atoms with van der Waals surface area (Å²) in [6.07, 6.45) is 3.94. The number of phenolic OH excluding ortho intramolecular Hbond substituents is 1. The number of rotatable bonds is 10. The van der Waals surface area contributed by atoms with Crippen molar-refractivity contribution in [2.75, 3.05) is 10.2 Å². The van der Waals surface area contributed by atoms with Crippen molar-refractivity contribution >= 4 is 23.0 Å². The number of nitrogens with one attached hydrogen (secondary N) is 1. The molecule has 1 amide bonds. The molecule has 0 radical (unpaired) electrons. The van der Waals surface area contributed by atoms with Gasteiger partial charge in [-0.1, -0.05) is 99.6 Å². The SMILES string of the molecule is CCC(CCC(C)(C)C)N(C(=O)CCc1cc(C(C)(C)C)c(O)c(C(C)(C)C)c1)c1ccc(Nc2ccccc2)cc1. The summed E-state index contributed by atoms with van der Waals surface area (Å²) in [7, 11) is 0. The minimum atomic E-state index is -0.202. The van der Waals surface area contributed by atoms with E-state index < -0.39 is 0 Å². The number of carbonyl (C=O) groups excluding carboxylic acids is 1. The van der Waals surface area contributed by atoms with Crippen LogP contribution in [0, 0.1) is 5.41 Å². The number of nitrogens with zero attached hydrogens (tertiary/aromatic N) is 1. The lowest BCUT2D eigenvalue weighted by Crippen LogP contribution is -2.41. The van der Waals surface area contributed by atoms with Gasteiger partial charge in [0.1, 0.15) is 5.75 Å². The molecule has 3 aromatic carbocycles. The van der Waals surface area contributed by atoms with Crippen molar-refractivity contribution in [2.24, 2.45) is 5.41 Å². The zero-order chi connectivity index (χ0) is 31.3. The number of amides is 1. The number of carbonyl (C=O) groups is 1. The molecule has 2 N–H and O–H groups in total. The Kier molecular flexibility index (Phi) is 10.6. The quantitative estimate of drug-likeness (QED) is 0.255. The monoisotopic (exact) mass is 570 g/mol. The largest absolute Gasteiger partial charge is 0.507 e. The normalized spacial score (nSPS) is 13.1. The molecule has 0 saturated heterocycles.